The minimum atomic E-state index is -0.106. The van der Waals surface area contributed by atoms with Crippen LogP contribution in [-0.4, -0.2) is 19.2 Å². The van der Waals surface area contributed by atoms with Gasteiger partial charge in [-0.25, -0.2) is 4.52 Å². The van der Waals surface area contributed by atoms with Gasteiger partial charge in [-0.3, -0.25) is 9.36 Å². The van der Waals surface area contributed by atoms with Crippen LogP contribution in [0, 0.1) is 0 Å². The van der Waals surface area contributed by atoms with Gasteiger partial charge in [0.2, 0.25) is 5.78 Å². The van der Waals surface area contributed by atoms with Gasteiger partial charge in [0.15, 0.2) is 0 Å². The molecule has 0 N–H and O–H groups in total. The van der Waals surface area contributed by atoms with Crippen LogP contribution >= 0.6 is 11.6 Å². The highest BCUT2D eigenvalue weighted by Gasteiger charge is 2.05. The zero-order chi connectivity index (χ0) is 12.5. The summed E-state index contributed by atoms with van der Waals surface area (Å²) in [4.78, 5) is 15.9. The molecule has 0 spiro atoms. The van der Waals surface area contributed by atoms with Crippen molar-refractivity contribution in [3.05, 3.63) is 63.8 Å². The van der Waals surface area contributed by atoms with Crippen LogP contribution < -0.4 is 5.56 Å². The maximum atomic E-state index is 11.9. The Hall–Kier alpha value is -2.14. The van der Waals surface area contributed by atoms with Crippen LogP contribution in [0.3, 0.4) is 0 Å². The number of rotatable bonds is 2. The summed E-state index contributed by atoms with van der Waals surface area (Å²) in [5.74, 6) is 0.525. The predicted molar refractivity (Wildman–Crippen MR) is 67.8 cm³/mol. The molecule has 3 aromatic rings. The topological polar surface area (TPSA) is 52.2 Å². The van der Waals surface area contributed by atoms with Crippen molar-refractivity contribution in [2.75, 3.05) is 0 Å². The Morgan fingerprint density at radius 3 is 2.72 bits per heavy atom. The Morgan fingerprint density at radius 2 is 1.94 bits per heavy atom. The monoisotopic (exact) mass is 260 g/mol. The van der Waals surface area contributed by atoms with Gasteiger partial charge >= 0.3 is 0 Å². The van der Waals surface area contributed by atoms with Crippen molar-refractivity contribution in [1.29, 1.82) is 0 Å². The molecule has 0 saturated carbocycles. The van der Waals surface area contributed by atoms with E-state index < -0.39 is 0 Å². The first-order chi connectivity index (χ1) is 8.74. The molecule has 1 aromatic carbocycles. The molecule has 0 amide bonds. The maximum absolute atomic E-state index is 11.9. The molecular formula is C12H9ClN4O. The Morgan fingerprint density at radius 1 is 1.17 bits per heavy atom. The molecule has 0 unspecified atom stereocenters. The van der Waals surface area contributed by atoms with Crippen molar-refractivity contribution >= 4 is 17.4 Å². The first kappa shape index (κ1) is 11.0. The van der Waals surface area contributed by atoms with Crippen LogP contribution in [0.25, 0.3) is 5.78 Å². The Kier molecular flexibility index (Phi) is 2.60. The van der Waals surface area contributed by atoms with E-state index in [1.807, 2.05) is 12.1 Å². The van der Waals surface area contributed by atoms with E-state index in [0.717, 1.165) is 5.56 Å². The quantitative estimate of drug-likeness (QED) is 0.703. The minimum Gasteiger partial charge on any atom is -0.272 e. The second kappa shape index (κ2) is 4.27. The van der Waals surface area contributed by atoms with E-state index in [1.54, 1.807) is 27.4 Å². The lowest BCUT2D eigenvalue weighted by atomic mass is 10.2. The van der Waals surface area contributed by atoms with Crippen LogP contribution in [0.15, 0.2) is 47.7 Å². The lowest BCUT2D eigenvalue weighted by molar-refractivity contribution is 0.741. The fourth-order valence-corrected chi connectivity index (χ4v) is 1.91. The molecule has 0 saturated heterocycles. The fourth-order valence-electron chi connectivity index (χ4n) is 1.79. The first-order valence-corrected chi connectivity index (χ1v) is 5.75. The normalized spacial score (nSPS) is 10.9. The number of aromatic nitrogens is 4. The summed E-state index contributed by atoms with van der Waals surface area (Å²) < 4.78 is 3.13. The molecule has 0 radical (unpaired) electrons. The van der Waals surface area contributed by atoms with Crippen molar-refractivity contribution in [1.82, 2.24) is 19.2 Å². The lowest BCUT2D eigenvalue weighted by Crippen LogP contribution is -2.22. The Bertz CT molecular complexity index is 745. The molecule has 0 aliphatic carbocycles. The zero-order valence-corrected chi connectivity index (χ0v) is 10.1. The van der Waals surface area contributed by atoms with Gasteiger partial charge in [-0.15, -0.1) is 0 Å². The average Bonchev–Trinajstić information content (AvgIpc) is 2.84. The number of nitrogens with zero attached hydrogens (tertiary/aromatic N) is 4. The molecule has 0 fully saturated rings. The highest BCUT2D eigenvalue weighted by atomic mass is 35.5. The molecule has 2 heterocycles. The van der Waals surface area contributed by atoms with Gasteiger partial charge in [0.05, 0.1) is 6.54 Å². The third-order valence-corrected chi connectivity index (χ3v) is 2.93. The van der Waals surface area contributed by atoms with E-state index in [4.69, 9.17) is 11.6 Å². The summed E-state index contributed by atoms with van der Waals surface area (Å²) >= 11 is 5.83. The summed E-state index contributed by atoms with van der Waals surface area (Å²) in [6.07, 6.45) is 3.02. The van der Waals surface area contributed by atoms with Gasteiger partial charge in [0, 0.05) is 17.3 Å². The van der Waals surface area contributed by atoms with E-state index in [-0.39, 0.29) is 5.56 Å². The van der Waals surface area contributed by atoms with Gasteiger partial charge in [-0.1, -0.05) is 23.7 Å². The van der Waals surface area contributed by atoms with E-state index in [2.05, 4.69) is 10.1 Å². The summed E-state index contributed by atoms with van der Waals surface area (Å²) in [5, 5.41) is 4.67. The number of fused-ring (bicyclic) bond motifs is 1. The molecule has 18 heavy (non-hydrogen) atoms. The van der Waals surface area contributed by atoms with Crippen LogP contribution in [0.2, 0.25) is 5.02 Å². The van der Waals surface area contributed by atoms with Crippen molar-refractivity contribution in [3.8, 4) is 0 Å². The van der Waals surface area contributed by atoms with E-state index in [9.17, 15) is 4.79 Å². The number of halogens is 1. The summed E-state index contributed by atoms with van der Waals surface area (Å²) in [6, 6.07) is 8.83. The van der Waals surface area contributed by atoms with E-state index in [1.165, 1.54) is 12.4 Å². The molecule has 0 aliphatic heterocycles. The van der Waals surface area contributed by atoms with Gasteiger partial charge < -0.3 is 0 Å². The standard InChI is InChI=1S/C12H9ClN4O/c13-10-3-1-9(2-4-10)7-16-11(18)5-6-17-12(16)14-8-15-17/h1-6,8H,7H2. The van der Waals surface area contributed by atoms with Gasteiger partial charge in [0.25, 0.3) is 5.56 Å². The Labute approximate surface area is 107 Å². The average molecular weight is 261 g/mol. The molecule has 6 heteroatoms. The smallest absolute Gasteiger partial charge is 0.255 e. The maximum Gasteiger partial charge on any atom is 0.255 e. The first-order valence-electron chi connectivity index (χ1n) is 5.38. The van der Waals surface area contributed by atoms with Crippen LogP contribution in [0.1, 0.15) is 5.56 Å². The molecule has 0 aliphatic rings. The SMILES string of the molecule is O=c1ccn2ncnc2n1Cc1ccc(Cl)cc1. The highest BCUT2D eigenvalue weighted by Crippen LogP contribution is 2.10. The molecule has 3 rings (SSSR count). The molecule has 90 valence electrons. The zero-order valence-electron chi connectivity index (χ0n) is 9.32. The predicted octanol–water partition coefficient (Wildman–Crippen LogP) is 1.59. The third-order valence-electron chi connectivity index (χ3n) is 2.67. The second-order valence-electron chi connectivity index (χ2n) is 3.87. The summed E-state index contributed by atoms with van der Waals surface area (Å²) in [7, 11) is 0. The Balaban J connectivity index is 2.09. The second-order valence-corrected chi connectivity index (χ2v) is 4.31. The molecular weight excluding hydrogens is 252 g/mol. The van der Waals surface area contributed by atoms with Crippen molar-refractivity contribution in [2.24, 2.45) is 0 Å². The fraction of sp³-hybridized carbons (Fsp3) is 0.0833. The van der Waals surface area contributed by atoms with Crippen LogP contribution in [0.5, 0.6) is 0 Å². The summed E-state index contributed by atoms with van der Waals surface area (Å²) in [6.45, 7) is 0.443. The number of benzene rings is 1. The minimum absolute atomic E-state index is 0.106. The number of hydrogen-bond donors (Lipinski definition) is 0. The van der Waals surface area contributed by atoms with Crippen LogP contribution in [0.4, 0.5) is 0 Å². The number of hydrogen-bond acceptors (Lipinski definition) is 3. The largest absolute Gasteiger partial charge is 0.272 e. The molecule has 0 atom stereocenters. The highest BCUT2D eigenvalue weighted by molar-refractivity contribution is 6.30. The van der Waals surface area contributed by atoms with Gasteiger partial charge in [0.1, 0.15) is 6.33 Å². The molecule has 0 bridgehead atoms. The van der Waals surface area contributed by atoms with E-state index >= 15 is 0 Å². The van der Waals surface area contributed by atoms with Crippen LogP contribution in [-0.2, 0) is 6.54 Å². The lowest BCUT2D eigenvalue weighted by Gasteiger charge is -2.06. The van der Waals surface area contributed by atoms with Gasteiger partial charge in [-0.05, 0) is 17.7 Å². The van der Waals surface area contributed by atoms with Crippen molar-refractivity contribution in [2.45, 2.75) is 6.54 Å². The molecule has 5 nitrogen and oxygen atoms in total. The van der Waals surface area contributed by atoms with Crippen molar-refractivity contribution in [3.63, 3.8) is 0 Å². The molecule has 2 aromatic heterocycles. The van der Waals surface area contributed by atoms with E-state index in [0.29, 0.717) is 17.3 Å². The third kappa shape index (κ3) is 1.89. The van der Waals surface area contributed by atoms with Crippen molar-refractivity contribution < 1.29 is 0 Å². The van der Waals surface area contributed by atoms with Gasteiger partial charge in [-0.2, -0.15) is 10.1 Å². The summed E-state index contributed by atoms with van der Waals surface area (Å²) in [5.41, 5.74) is 0.878.